The topological polar surface area (TPSA) is 33.7 Å². The van der Waals surface area contributed by atoms with E-state index in [9.17, 15) is 0 Å². The first-order valence-corrected chi connectivity index (χ1v) is 8.30. The second-order valence-electron chi connectivity index (χ2n) is 5.54. The molecule has 0 aliphatic carbocycles. The first-order chi connectivity index (χ1) is 10.2. The zero-order valence-corrected chi connectivity index (χ0v) is 14.7. The predicted molar refractivity (Wildman–Crippen MR) is 89.2 cm³/mol. The van der Waals surface area contributed by atoms with Gasteiger partial charge in [0.1, 0.15) is 0 Å². The number of nitrogens with one attached hydrogen (secondary N) is 1. The van der Waals surface area contributed by atoms with E-state index in [-0.39, 0.29) is 0 Å². The van der Waals surface area contributed by atoms with Gasteiger partial charge in [-0.05, 0) is 66.5 Å². The number of halogens is 1. The Balaban J connectivity index is 1.89. The average Bonchev–Trinajstić information content (AvgIpc) is 3.00. The molecule has 1 saturated heterocycles. The van der Waals surface area contributed by atoms with Crippen molar-refractivity contribution in [3.8, 4) is 11.5 Å². The van der Waals surface area contributed by atoms with Gasteiger partial charge in [0.25, 0.3) is 0 Å². The van der Waals surface area contributed by atoms with Crippen molar-refractivity contribution in [1.82, 2.24) is 10.2 Å². The van der Waals surface area contributed by atoms with Crippen molar-refractivity contribution < 1.29 is 9.47 Å². The van der Waals surface area contributed by atoms with Crippen molar-refractivity contribution in [3.05, 3.63) is 22.2 Å². The third-order valence-corrected chi connectivity index (χ3v) is 4.62. The molecule has 4 nitrogen and oxygen atoms in total. The SMILES string of the molecule is COc1cc(CNCC(C)N2CCCC2)cc(Br)c1OC. The normalized spacial score (nSPS) is 17.0. The molecule has 5 heteroatoms. The molecule has 0 bridgehead atoms. The van der Waals surface area contributed by atoms with Crippen molar-refractivity contribution in [3.63, 3.8) is 0 Å². The molecule has 1 aromatic rings. The van der Waals surface area contributed by atoms with Gasteiger partial charge in [-0.15, -0.1) is 0 Å². The molecule has 2 rings (SSSR count). The second-order valence-corrected chi connectivity index (χ2v) is 6.39. The van der Waals surface area contributed by atoms with Crippen LogP contribution in [0.4, 0.5) is 0 Å². The molecular weight excluding hydrogens is 332 g/mol. The summed E-state index contributed by atoms with van der Waals surface area (Å²) in [5.41, 5.74) is 1.19. The maximum atomic E-state index is 5.38. The summed E-state index contributed by atoms with van der Waals surface area (Å²) < 4.78 is 11.6. The molecule has 1 aromatic carbocycles. The minimum atomic E-state index is 0.594. The highest BCUT2D eigenvalue weighted by Crippen LogP contribution is 2.36. The van der Waals surface area contributed by atoms with Gasteiger partial charge >= 0.3 is 0 Å². The second kappa shape index (κ2) is 8.01. The van der Waals surface area contributed by atoms with Crippen LogP contribution in [0.1, 0.15) is 25.3 Å². The first-order valence-electron chi connectivity index (χ1n) is 7.51. The Hall–Kier alpha value is -0.780. The summed E-state index contributed by atoms with van der Waals surface area (Å²) in [6.07, 6.45) is 2.68. The number of likely N-dealkylation sites (tertiary alicyclic amines) is 1. The zero-order chi connectivity index (χ0) is 15.2. The van der Waals surface area contributed by atoms with Gasteiger partial charge in [-0.1, -0.05) is 0 Å². The van der Waals surface area contributed by atoms with Crippen molar-refractivity contribution in [1.29, 1.82) is 0 Å². The van der Waals surface area contributed by atoms with E-state index in [1.165, 1.54) is 31.5 Å². The van der Waals surface area contributed by atoms with Crippen LogP contribution in [0.3, 0.4) is 0 Å². The van der Waals surface area contributed by atoms with Crippen LogP contribution >= 0.6 is 15.9 Å². The molecule has 1 aliphatic rings. The first kappa shape index (κ1) is 16.6. The Labute approximate surface area is 135 Å². The minimum absolute atomic E-state index is 0.594. The lowest BCUT2D eigenvalue weighted by Crippen LogP contribution is -2.38. The van der Waals surface area contributed by atoms with Crippen molar-refractivity contribution in [2.45, 2.75) is 32.4 Å². The Bertz CT molecular complexity index is 462. The van der Waals surface area contributed by atoms with E-state index in [1.807, 2.05) is 6.07 Å². The summed E-state index contributed by atoms with van der Waals surface area (Å²) >= 11 is 3.53. The van der Waals surface area contributed by atoms with Crippen LogP contribution in [0.2, 0.25) is 0 Å². The Kier molecular flexibility index (Phi) is 6.33. The lowest BCUT2D eigenvalue weighted by molar-refractivity contribution is 0.251. The Morgan fingerprint density at radius 3 is 2.57 bits per heavy atom. The van der Waals surface area contributed by atoms with E-state index in [0.29, 0.717) is 6.04 Å². The number of rotatable bonds is 7. The van der Waals surface area contributed by atoms with Gasteiger partial charge in [0.05, 0.1) is 18.7 Å². The van der Waals surface area contributed by atoms with Crippen molar-refractivity contribution >= 4 is 15.9 Å². The van der Waals surface area contributed by atoms with Gasteiger partial charge in [-0.3, -0.25) is 4.90 Å². The van der Waals surface area contributed by atoms with Gasteiger partial charge < -0.3 is 14.8 Å². The Morgan fingerprint density at radius 2 is 1.95 bits per heavy atom. The fourth-order valence-corrected chi connectivity index (χ4v) is 3.46. The molecule has 0 saturated carbocycles. The fourth-order valence-electron chi connectivity index (χ4n) is 2.81. The molecule has 0 spiro atoms. The summed E-state index contributed by atoms with van der Waals surface area (Å²) in [6.45, 7) is 6.61. The molecule has 118 valence electrons. The summed E-state index contributed by atoms with van der Waals surface area (Å²) in [6, 6.07) is 4.70. The molecule has 1 heterocycles. The highest BCUT2D eigenvalue weighted by Gasteiger charge is 2.17. The van der Waals surface area contributed by atoms with Gasteiger partial charge in [0.2, 0.25) is 0 Å². The van der Waals surface area contributed by atoms with E-state index in [0.717, 1.165) is 29.1 Å². The summed E-state index contributed by atoms with van der Waals surface area (Å²) in [7, 11) is 3.31. The minimum Gasteiger partial charge on any atom is -0.493 e. The van der Waals surface area contributed by atoms with Gasteiger partial charge in [0.15, 0.2) is 11.5 Å². The highest BCUT2D eigenvalue weighted by atomic mass is 79.9. The lowest BCUT2D eigenvalue weighted by Gasteiger charge is -2.24. The number of hydrogen-bond donors (Lipinski definition) is 1. The molecule has 1 aliphatic heterocycles. The fraction of sp³-hybridized carbons (Fsp3) is 0.625. The van der Waals surface area contributed by atoms with E-state index >= 15 is 0 Å². The number of benzene rings is 1. The maximum absolute atomic E-state index is 5.38. The molecule has 0 radical (unpaired) electrons. The van der Waals surface area contributed by atoms with Crippen LogP contribution in [0, 0.1) is 0 Å². The van der Waals surface area contributed by atoms with Crippen LogP contribution in [-0.4, -0.2) is 44.8 Å². The third kappa shape index (κ3) is 4.34. The quantitative estimate of drug-likeness (QED) is 0.813. The van der Waals surface area contributed by atoms with Crippen molar-refractivity contribution in [2.24, 2.45) is 0 Å². The molecule has 1 unspecified atom stereocenters. The standard InChI is InChI=1S/C16H25BrN2O2/c1-12(19-6-4-5-7-19)10-18-11-13-8-14(17)16(21-3)15(9-13)20-2/h8-9,12,18H,4-7,10-11H2,1-3H3. The number of ether oxygens (including phenoxy) is 2. The zero-order valence-electron chi connectivity index (χ0n) is 13.1. The summed E-state index contributed by atoms with van der Waals surface area (Å²) in [5, 5.41) is 3.54. The number of hydrogen-bond acceptors (Lipinski definition) is 4. The summed E-state index contributed by atoms with van der Waals surface area (Å²) in [5.74, 6) is 1.50. The van der Waals surface area contributed by atoms with Crippen LogP contribution in [-0.2, 0) is 6.54 Å². The summed E-state index contributed by atoms with van der Waals surface area (Å²) in [4.78, 5) is 2.55. The Morgan fingerprint density at radius 1 is 1.24 bits per heavy atom. The van der Waals surface area contributed by atoms with E-state index in [1.54, 1.807) is 14.2 Å². The average molecular weight is 357 g/mol. The van der Waals surface area contributed by atoms with Crippen LogP contribution in [0.15, 0.2) is 16.6 Å². The third-order valence-electron chi connectivity index (χ3n) is 4.03. The highest BCUT2D eigenvalue weighted by molar-refractivity contribution is 9.10. The predicted octanol–water partition coefficient (Wildman–Crippen LogP) is 3.04. The molecule has 21 heavy (non-hydrogen) atoms. The van der Waals surface area contributed by atoms with E-state index in [4.69, 9.17) is 9.47 Å². The molecule has 1 fully saturated rings. The number of nitrogens with zero attached hydrogens (tertiary/aromatic N) is 1. The molecule has 1 N–H and O–H groups in total. The van der Waals surface area contributed by atoms with Crippen LogP contribution in [0.5, 0.6) is 11.5 Å². The van der Waals surface area contributed by atoms with E-state index in [2.05, 4.69) is 39.1 Å². The van der Waals surface area contributed by atoms with E-state index < -0.39 is 0 Å². The molecular formula is C16H25BrN2O2. The van der Waals surface area contributed by atoms with Gasteiger partial charge in [-0.25, -0.2) is 0 Å². The smallest absolute Gasteiger partial charge is 0.174 e. The largest absolute Gasteiger partial charge is 0.493 e. The van der Waals surface area contributed by atoms with Crippen LogP contribution < -0.4 is 14.8 Å². The van der Waals surface area contributed by atoms with Crippen molar-refractivity contribution in [2.75, 3.05) is 33.9 Å². The lowest BCUT2D eigenvalue weighted by atomic mass is 10.2. The van der Waals surface area contributed by atoms with Gasteiger partial charge in [-0.2, -0.15) is 0 Å². The molecule has 1 atom stereocenters. The monoisotopic (exact) mass is 356 g/mol. The van der Waals surface area contributed by atoms with Crippen LogP contribution in [0.25, 0.3) is 0 Å². The van der Waals surface area contributed by atoms with Gasteiger partial charge in [0, 0.05) is 19.1 Å². The molecule has 0 aromatic heterocycles. The maximum Gasteiger partial charge on any atom is 0.174 e. The molecule has 0 amide bonds. The number of methoxy groups -OCH3 is 2.